The lowest BCUT2D eigenvalue weighted by Crippen LogP contribution is -2.08. The molecule has 0 aliphatic rings. The van der Waals surface area contributed by atoms with Crippen molar-refractivity contribution < 1.29 is 5.11 Å². The Morgan fingerprint density at radius 1 is 1.47 bits per heavy atom. The summed E-state index contributed by atoms with van der Waals surface area (Å²) in [6.45, 7) is 1.99. The van der Waals surface area contributed by atoms with Gasteiger partial charge in [-0.3, -0.25) is 4.68 Å². The molecule has 2 rings (SSSR count). The van der Waals surface area contributed by atoms with Crippen molar-refractivity contribution in [3.8, 4) is 0 Å². The van der Waals surface area contributed by atoms with Crippen molar-refractivity contribution in [2.45, 2.75) is 19.4 Å². The summed E-state index contributed by atoms with van der Waals surface area (Å²) in [6.07, 6.45) is 1.42. The molecule has 1 unspecified atom stereocenters. The van der Waals surface area contributed by atoms with Crippen LogP contribution in [0.2, 0.25) is 0 Å². The van der Waals surface area contributed by atoms with Gasteiger partial charge in [-0.25, -0.2) is 4.98 Å². The van der Waals surface area contributed by atoms with Crippen LogP contribution in [0.25, 0.3) is 0 Å². The summed E-state index contributed by atoms with van der Waals surface area (Å²) < 4.78 is 2.70. The van der Waals surface area contributed by atoms with Gasteiger partial charge in [-0.05, 0) is 30.2 Å². The van der Waals surface area contributed by atoms with E-state index in [9.17, 15) is 5.11 Å². The largest absolute Gasteiger partial charge is 0.388 e. The van der Waals surface area contributed by atoms with E-state index in [1.807, 2.05) is 32.2 Å². The van der Waals surface area contributed by atoms with Crippen LogP contribution in [0.3, 0.4) is 0 Å². The fourth-order valence-electron chi connectivity index (χ4n) is 1.80. The Morgan fingerprint density at radius 2 is 2.24 bits per heavy atom. The maximum Gasteiger partial charge on any atom is 0.138 e. The highest BCUT2D eigenvalue weighted by Crippen LogP contribution is 2.23. The Bertz CT molecular complexity index is 524. The molecule has 2 aromatic rings. The topological polar surface area (TPSA) is 50.9 Å². The third-order valence-corrected chi connectivity index (χ3v) is 3.27. The second-order valence-electron chi connectivity index (χ2n) is 4.02. The number of aryl methyl sites for hydroxylation is 2. The number of aliphatic hydroxyl groups excluding tert-OH is 1. The molecule has 1 heterocycles. The molecule has 0 bridgehead atoms. The van der Waals surface area contributed by atoms with Gasteiger partial charge in [0, 0.05) is 17.9 Å². The van der Waals surface area contributed by atoms with Gasteiger partial charge in [-0.1, -0.05) is 22.0 Å². The molecular weight excluding hydrogens is 282 g/mol. The van der Waals surface area contributed by atoms with Gasteiger partial charge in [0.15, 0.2) is 0 Å². The van der Waals surface area contributed by atoms with Crippen molar-refractivity contribution >= 4 is 15.9 Å². The Morgan fingerprint density at radius 3 is 2.82 bits per heavy atom. The number of hydrogen-bond acceptors (Lipinski definition) is 3. The smallest absolute Gasteiger partial charge is 0.138 e. The zero-order chi connectivity index (χ0) is 12.4. The lowest BCUT2D eigenvalue weighted by molar-refractivity contribution is 0.173. The highest BCUT2D eigenvalue weighted by molar-refractivity contribution is 9.10. The highest BCUT2D eigenvalue weighted by Gasteiger charge is 2.14. The first-order valence-corrected chi connectivity index (χ1v) is 6.14. The Hall–Kier alpha value is -1.20. The molecule has 1 N–H and O–H groups in total. The van der Waals surface area contributed by atoms with Crippen LogP contribution in [0.1, 0.15) is 23.1 Å². The summed E-state index contributed by atoms with van der Waals surface area (Å²) in [4.78, 5) is 4.11. The molecular formula is C12H14BrN3O. The van der Waals surface area contributed by atoms with Crippen molar-refractivity contribution in [3.63, 3.8) is 0 Å². The standard InChI is InChI=1S/C12H14BrN3O/c1-8-5-9(13)3-4-10(8)11(17)6-12-14-7-15-16(12)2/h3-5,7,11,17H,6H2,1-2H3. The van der Waals surface area contributed by atoms with E-state index in [1.165, 1.54) is 6.33 Å². The summed E-state index contributed by atoms with van der Waals surface area (Å²) >= 11 is 3.41. The average Bonchev–Trinajstić information content (AvgIpc) is 2.64. The number of aliphatic hydroxyl groups is 1. The monoisotopic (exact) mass is 295 g/mol. The third kappa shape index (κ3) is 2.73. The van der Waals surface area contributed by atoms with E-state index < -0.39 is 6.10 Å². The minimum absolute atomic E-state index is 0.471. The second-order valence-corrected chi connectivity index (χ2v) is 4.94. The highest BCUT2D eigenvalue weighted by atomic mass is 79.9. The molecule has 90 valence electrons. The Kier molecular flexibility index (Phi) is 3.59. The SMILES string of the molecule is Cc1cc(Br)ccc1C(O)Cc1ncnn1C. The van der Waals surface area contributed by atoms with Gasteiger partial charge in [-0.2, -0.15) is 5.10 Å². The van der Waals surface area contributed by atoms with Crippen LogP contribution in [0.5, 0.6) is 0 Å². The van der Waals surface area contributed by atoms with Crippen molar-refractivity contribution in [3.05, 3.63) is 46.0 Å². The summed E-state index contributed by atoms with van der Waals surface area (Å²) in [5.41, 5.74) is 1.99. The molecule has 0 saturated heterocycles. The normalized spacial score (nSPS) is 12.7. The number of benzene rings is 1. The fraction of sp³-hybridized carbons (Fsp3) is 0.333. The van der Waals surface area contributed by atoms with Crippen LogP contribution in [0, 0.1) is 6.92 Å². The number of nitrogens with zero attached hydrogens (tertiary/aromatic N) is 3. The molecule has 0 fully saturated rings. The second kappa shape index (κ2) is 4.98. The van der Waals surface area contributed by atoms with E-state index in [-0.39, 0.29) is 0 Å². The van der Waals surface area contributed by atoms with E-state index in [0.717, 1.165) is 21.4 Å². The zero-order valence-corrected chi connectivity index (χ0v) is 11.3. The molecule has 4 nitrogen and oxygen atoms in total. The molecule has 1 aromatic heterocycles. The van der Waals surface area contributed by atoms with Crippen molar-refractivity contribution in [2.75, 3.05) is 0 Å². The molecule has 1 atom stereocenters. The van der Waals surface area contributed by atoms with Crippen molar-refractivity contribution in [2.24, 2.45) is 7.05 Å². The molecule has 0 radical (unpaired) electrons. The quantitative estimate of drug-likeness (QED) is 0.944. The first kappa shape index (κ1) is 12.3. The number of rotatable bonds is 3. The number of halogens is 1. The van der Waals surface area contributed by atoms with Crippen LogP contribution in [0.15, 0.2) is 29.0 Å². The van der Waals surface area contributed by atoms with Gasteiger partial charge >= 0.3 is 0 Å². The van der Waals surface area contributed by atoms with E-state index in [1.54, 1.807) is 4.68 Å². The van der Waals surface area contributed by atoms with Crippen LogP contribution in [0.4, 0.5) is 0 Å². The van der Waals surface area contributed by atoms with Gasteiger partial charge in [0.1, 0.15) is 12.2 Å². The summed E-state index contributed by atoms with van der Waals surface area (Å²) in [7, 11) is 1.82. The third-order valence-electron chi connectivity index (χ3n) is 2.77. The summed E-state index contributed by atoms with van der Waals surface area (Å²) in [5, 5.41) is 14.2. The number of hydrogen-bond donors (Lipinski definition) is 1. The molecule has 1 aromatic carbocycles. The maximum absolute atomic E-state index is 10.2. The lowest BCUT2D eigenvalue weighted by atomic mass is 10.0. The van der Waals surface area contributed by atoms with Gasteiger partial charge in [0.05, 0.1) is 6.10 Å². The number of aromatic nitrogens is 3. The minimum atomic E-state index is -0.550. The maximum atomic E-state index is 10.2. The van der Waals surface area contributed by atoms with Crippen LogP contribution in [-0.4, -0.2) is 19.9 Å². The van der Waals surface area contributed by atoms with Gasteiger partial charge in [-0.15, -0.1) is 0 Å². The van der Waals surface area contributed by atoms with E-state index in [0.29, 0.717) is 6.42 Å². The lowest BCUT2D eigenvalue weighted by Gasteiger charge is -2.13. The molecule has 17 heavy (non-hydrogen) atoms. The van der Waals surface area contributed by atoms with E-state index in [4.69, 9.17) is 0 Å². The summed E-state index contributed by atoms with van der Waals surface area (Å²) in [6, 6.07) is 5.86. The van der Waals surface area contributed by atoms with Crippen molar-refractivity contribution in [1.82, 2.24) is 14.8 Å². The first-order valence-electron chi connectivity index (χ1n) is 5.35. The molecule has 0 spiro atoms. The predicted octanol–water partition coefficient (Wildman–Crippen LogP) is 2.16. The van der Waals surface area contributed by atoms with Crippen LogP contribution in [-0.2, 0) is 13.5 Å². The van der Waals surface area contributed by atoms with Crippen molar-refractivity contribution in [1.29, 1.82) is 0 Å². The average molecular weight is 296 g/mol. The van der Waals surface area contributed by atoms with E-state index in [2.05, 4.69) is 26.0 Å². The molecule has 5 heteroatoms. The predicted molar refractivity (Wildman–Crippen MR) is 68.5 cm³/mol. The molecule has 0 amide bonds. The minimum Gasteiger partial charge on any atom is -0.388 e. The van der Waals surface area contributed by atoms with E-state index >= 15 is 0 Å². The van der Waals surface area contributed by atoms with Gasteiger partial charge in [0.2, 0.25) is 0 Å². The zero-order valence-electron chi connectivity index (χ0n) is 9.76. The van der Waals surface area contributed by atoms with Crippen LogP contribution < -0.4 is 0 Å². The first-order chi connectivity index (χ1) is 8.08. The van der Waals surface area contributed by atoms with Crippen LogP contribution >= 0.6 is 15.9 Å². The Labute approximate surface area is 108 Å². The molecule has 0 saturated carbocycles. The molecule has 0 aliphatic carbocycles. The Balaban J connectivity index is 2.20. The van der Waals surface area contributed by atoms with Gasteiger partial charge < -0.3 is 5.11 Å². The summed E-state index contributed by atoms with van der Waals surface area (Å²) in [5.74, 6) is 0.778. The molecule has 0 aliphatic heterocycles. The fourth-order valence-corrected chi connectivity index (χ4v) is 2.28. The van der Waals surface area contributed by atoms with Gasteiger partial charge in [0.25, 0.3) is 0 Å².